The first-order valence-electron chi connectivity index (χ1n) is 7.58. The molecular formula is C18H22ClNO3. The summed E-state index contributed by atoms with van der Waals surface area (Å²) in [6, 6.07) is 13.4. The number of hydrogen-bond acceptors (Lipinski definition) is 3. The molecule has 0 saturated heterocycles. The molecule has 23 heavy (non-hydrogen) atoms. The number of hydrogen-bond donors (Lipinski definition) is 0. The molecule has 0 unspecified atom stereocenters. The van der Waals surface area contributed by atoms with Gasteiger partial charge in [-0.1, -0.05) is 52.0 Å². The van der Waals surface area contributed by atoms with E-state index in [0.717, 1.165) is 11.1 Å². The van der Waals surface area contributed by atoms with Crippen LogP contribution in [0, 0.1) is 10.1 Å². The van der Waals surface area contributed by atoms with Crippen LogP contribution in [0.25, 0.3) is 0 Å². The van der Waals surface area contributed by atoms with Crippen molar-refractivity contribution in [3.8, 4) is 0 Å². The van der Waals surface area contributed by atoms with Crippen molar-refractivity contribution in [2.75, 3.05) is 0 Å². The number of nitro benzene ring substituents is 1. The van der Waals surface area contributed by atoms with Crippen LogP contribution in [-0.4, -0.2) is 10.2 Å². The molecule has 0 amide bonds. The highest BCUT2D eigenvalue weighted by atomic mass is 35.5. The molecule has 0 bridgehead atoms. The smallest absolute Gasteiger partial charge is 0.269 e. The lowest BCUT2D eigenvalue weighted by atomic mass is 10.0. The number of nitro groups is 1. The van der Waals surface area contributed by atoms with Gasteiger partial charge in [-0.3, -0.25) is 14.9 Å². The van der Waals surface area contributed by atoms with Gasteiger partial charge in [0.25, 0.3) is 10.9 Å². The summed E-state index contributed by atoms with van der Waals surface area (Å²) in [6.07, 6.45) is 0.648. The van der Waals surface area contributed by atoms with E-state index in [1.165, 1.54) is 12.1 Å². The number of rotatable bonds is 4. The highest BCUT2D eigenvalue weighted by Gasteiger charge is 2.05. The molecule has 2 rings (SSSR count). The van der Waals surface area contributed by atoms with Gasteiger partial charge in [0.05, 0.1) is 4.92 Å². The van der Waals surface area contributed by atoms with Crippen molar-refractivity contribution in [2.45, 2.75) is 34.1 Å². The fourth-order valence-corrected chi connectivity index (χ4v) is 1.85. The molecule has 124 valence electrons. The summed E-state index contributed by atoms with van der Waals surface area (Å²) in [5, 5.41) is 10.0. The minimum atomic E-state index is -0.484. The summed E-state index contributed by atoms with van der Waals surface area (Å²) in [6.45, 7) is 8.00. The lowest BCUT2D eigenvalue weighted by molar-refractivity contribution is -0.384. The van der Waals surface area contributed by atoms with Gasteiger partial charge in [-0.05, 0) is 41.3 Å². The van der Waals surface area contributed by atoms with E-state index in [0.29, 0.717) is 12.0 Å². The predicted molar refractivity (Wildman–Crippen MR) is 95.2 cm³/mol. The largest absolute Gasteiger partial charge is 0.276 e. The van der Waals surface area contributed by atoms with Crippen molar-refractivity contribution in [1.82, 2.24) is 0 Å². The number of carbonyl (C=O) groups is 1. The van der Waals surface area contributed by atoms with Gasteiger partial charge in [-0.25, -0.2) is 0 Å². The van der Waals surface area contributed by atoms with Gasteiger partial charge in [0.15, 0.2) is 0 Å². The van der Waals surface area contributed by atoms with Crippen LogP contribution < -0.4 is 0 Å². The van der Waals surface area contributed by atoms with E-state index in [9.17, 15) is 14.9 Å². The van der Waals surface area contributed by atoms with Gasteiger partial charge in [0, 0.05) is 17.7 Å². The quantitative estimate of drug-likeness (QED) is 0.414. The molecule has 0 aliphatic carbocycles. The summed E-state index contributed by atoms with van der Waals surface area (Å²) >= 11 is 5.36. The van der Waals surface area contributed by atoms with Gasteiger partial charge in [-0.15, -0.1) is 0 Å². The van der Waals surface area contributed by atoms with Crippen LogP contribution in [0.2, 0.25) is 0 Å². The maximum atomic E-state index is 10.9. The second-order valence-electron chi connectivity index (χ2n) is 4.07. The van der Waals surface area contributed by atoms with Crippen molar-refractivity contribution in [3.05, 3.63) is 75.3 Å². The average Bonchev–Trinajstić information content (AvgIpc) is 2.59. The van der Waals surface area contributed by atoms with E-state index < -0.39 is 10.2 Å². The van der Waals surface area contributed by atoms with E-state index in [2.05, 4.69) is 0 Å². The predicted octanol–water partition coefficient (Wildman–Crippen LogP) is 5.62. The third-order valence-electron chi connectivity index (χ3n) is 2.74. The molecule has 0 heterocycles. The zero-order valence-electron chi connectivity index (χ0n) is 13.9. The standard InChI is InChI=1S/C14H10ClNO3.2C2H6/c15-14(17)12-5-1-10(2-6-12)9-11-3-7-13(8-4-11)16(18)19;2*1-2/h1-8H,9H2;2*1-2H3. The fraction of sp³-hybridized carbons (Fsp3) is 0.278. The highest BCUT2D eigenvalue weighted by Crippen LogP contribution is 2.16. The van der Waals surface area contributed by atoms with E-state index in [1.54, 1.807) is 24.3 Å². The van der Waals surface area contributed by atoms with Gasteiger partial charge in [-0.2, -0.15) is 0 Å². The number of benzene rings is 2. The zero-order chi connectivity index (χ0) is 17.8. The third-order valence-corrected chi connectivity index (χ3v) is 2.95. The Balaban J connectivity index is 0.00000112. The molecular weight excluding hydrogens is 314 g/mol. The number of halogens is 1. The summed E-state index contributed by atoms with van der Waals surface area (Å²) in [5.74, 6) is 0. The van der Waals surface area contributed by atoms with Crippen LogP contribution in [0.3, 0.4) is 0 Å². The molecule has 0 atom stereocenters. The molecule has 0 aliphatic heterocycles. The highest BCUT2D eigenvalue weighted by molar-refractivity contribution is 6.67. The second kappa shape index (κ2) is 11.4. The van der Waals surface area contributed by atoms with Crippen molar-refractivity contribution in [1.29, 1.82) is 0 Å². The van der Waals surface area contributed by atoms with Crippen LogP contribution >= 0.6 is 11.6 Å². The SMILES string of the molecule is CC.CC.O=C(Cl)c1ccc(Cc2ccc([N+](=O)[O-])cc2)cc1. The molecule has 2 aromatic rings. The molecule has 0 aromatic heterocycles. The molecule has 0 N–H and O–H groups in total. The van der Waals surface area contributed by atoms with E-state index >= 15 is 0 Å². The van der Waals surface area contributed by atoms with Gasteiger partial charge < -0.3 is 0 Å². The number of carbonyl (C=O) groups excluding carboxylic acids is 1. The first-order valence-corrected chi connectivity index (χ1v) is 7.96. The van der Waals surface area contributed by atoms with E-state index in [1.807, 2.05) is 39.8 Å². The molecule has 0 spiro atoms. The fourth-order valence-electron chi connectivity index (χ4n) is 1.72. The molecule has 2 aromatic carbocycles. The van der Waals surface area contributed by atoms with Gasteiger partial charge >= 0.3 is 0 Å². The first-order chi connectivity index (χ1) is 11.1. The topological polar surface area (TPSA) is 60.2 Å². The zero-order valence-corrected chi connectivity index (χ0v) is 14.6. The molecule has 0 fully saturated rings. The minimum absolute atomic E-state index is 0.0758. The molecule has 0 saturated carbocycles. The van der Waals surface area contributed by atoms with Crippen molar-refractivity contribution >= 4 is 22.5 Å². The Hall–Kier alpha value is -2.20. The van der Waals surface area contributed by atoms with Crippen molar-refractivity contribution in [2.24, 2.45) is 0 Å². The average molecular weight is 336 g/mol. The Labute approximate surface area is 142 Å². The normalized spacial score (nSPS) is 8.91. The van der Waals surface area contributed by atoms with Crippen LogP contribution in [0.5, 0.6) is 0 Å². The van der Waals surface area contributed by atoms with Crippen LogP contribution in [0.4, 0.5) is 5.69 Å². The second-order valence-corrected chi connectivity index (χ2v) is 4.41. The van der Waals surface area contributed by atoms with Crippen molar-refractivity contribution < 1.29 is 9.72 Å². The summed E-state index contributed by atoms with van der Waals surface area (Å²) < 4.78 is 0. The minimum Gasteiger partial charge on any atom is -0.276 e. The van der Waals surface area contributed by atoms with Gasteiger partial charge in [0.1, 0.15) is 0 Å². The first kappa shape index (κ1) is 20.8. The van der Waals surface area contributed by atoms with E-state index in [4.69, 9.17) is 11.6 Å². The van der Waals surface area contributed by atoms with Gasteiger partial charge in [0.2, 0.25) is 0 Å². The summed E-state index contributed by atoms with van der Waals surface area (Å²) in [7, 11) is 0. The summed E-state index contributed by atoms with van der Waals surface area (Å²) in [4.78, 5) is 21.0. The Morgan fingerprint density at radius 1 is 0.913 bits per heavy atom. The van der Waals surface area contributed by atoms with E-state index in [-0.39, 0.29) is 5.69 Å². The molecule has 0 aliphatic rings. The molecule has 5 heteroatoms. The Kier molecular flexibility index (Phi) is 10.3. The van der Waals surface area contributed by atoms with Crippen LogP contribution in [0.15, 0.2) is 48.5 Å². The number of nitrogens with zero attached hydrogens (tertiary/aromatic N) is 1. The molecule has 0 radical (unpaired) electrons. The Bertz CT molecular complexity index is 552. The third kappa shape index (κ3) is 7.06. The lowest BCUT2D eigenvalue weighted by Gasteiger charge is -2.02. The Morgan fingerprint density at radius 2 is 1.30 bits per heavy atom. The van der Waals surface area contributed by atoms with Crippen LogP contribution in [-0.2, 0) is 6.42 Å². The maximum absolute atomic E-state index is 10.9. The Morgan fingerprint density at radius 3 is 1.65 bits per heavy atom. The van der Waals surface area contributed by atoms with Crippen molar-refractivity contribution in [3.63, 3.8) is 0 Å². The van der Waals surface area contributed by atoms with Crippen LogP contribution in [0.1, 0.15) is 49.2 Å². The lowest BCUT2D eigenvalue weighted by Crippen LogP contribution is -1.93. The number of non-ortho nitro benzene ring substituents is 1. The summed E-state index contributed by atoms with van der Waals surface area (Å²) in [5.41, 5.74) is 2.51. The maximum Gasteiger partial charge on any atom is 0.269 e. The molecule has 4 nitrogen and oxygen atoms in total. The monoisotopic (exact) mass is 335 g/mol.